The Morgan fingerprint density at radius 2 is 1.73 bits per heavy atom. The molecule has 0 aromatic heterocycles. The summed E-state index contributed by atoms with van der Waals surface area (Å²) in [4.78, 5) is 0.350. The third-order valence-electron chi connectivity index (χ3n) is 1.38. The van der Waals surface area contributed by atoms with Crippen molar-refractivity contribution in [1.82, 2.24) is 0 Å². The fraction of sp³-hybridized carbons (Fsp3) is 0.125. The van der Waals surface area contributed by atoms with Crippen LogP contribution in [0.5, 0.6) is 0 Å². The van der Waals surface area contributed by atoms with Gasteiger partial charge in [-0.25, -0.2) is 8.42 Å². The van der Waals surface area contributed by atoms with E-state index in [4.69, 9.17) is 0 Å². The van der Waals surface area contributed by atoms with Gasteiger partial charge in [-0.15, -0.1) is 0 Å². The zero-order valence-corrected chi connectivity index (χ0v) is 7.01. The number of rotatable bonds is 2. The van der Waals surface area contributed by atoms with Gasteiger partial charge in [0.2, 0.25) is 0 Å². The molecule has 0 spiro atoms. The quantitative estimate of drug-likeness (QED) is 0.674. The summed E-state index contributed by atoms with van der Waals surface area (Å²) in [6.45, 7) is 1.52. The predicted octanol–water partition coefficient (Wildman–Crippen LogP) is 1.64. The van der Waals surface area contributed by atoms with Crippen molar-refractivity contribution in [3.63, 3.8) is 0 Å². The molecule has 0 aliphatic carbocycles. The molecule has 0 aliphatic rings. The summed E-state index contributed by atoms with van der Waals surface area (Å²) in [6.07, 6.45) is 0. The summed E-state index contributed by atoms with van der Waals surface area (Å²) in [5.41, 5.74) is 0. The molecule has 0 saturated heterocycles. The van der Waals surface area contributed by atoms with Crippen LogP contribution in [0.3, 0.4) is 0 Å². The van der Waals surface area contributed by atoms with Crippen LogP contribution in [0, 0.1) is 5.75 Å². The highest BCUT2D eigenvalue weighted by Gasteiger charge is 2.09. The number of benzene rings is 1. The van der Waals surface area contributed by atoms with Crippen molar-refractivity contribution < 1.29 is 8.42 Å². The third-order valence-corrected chi connectivity index (χ3v) is 2.93. The van der Waals surface area contributed by atoms with E-state index in [1.54, 1.807) is 30.3 Å². The molecule has 0 bridgehead atoms. The van der Waals surface area contributed by atoms with Crippen LogP contribution in [0.4, 0.5) is 0 Å². The van der Waals surface area contributed by atoms with E-state index in [1.807, 2.05) is 0 Å². The minimum atomic E-state index is -3.12. The van der Waals surface area contributed by atoms with Gasteiger partial charge in [-0.05, 0) is 19.1 Å². The van der Waals surface area contributed by atoms with Crippen LogP contribution in [0.15, 0.2) is 35.2 Å². The fourth-order valence-corrected chi connectivity index (χ4v) is 1.55. The standard InChI is InChI=1S/C8H9O2S/c1-2-11(9,10)8-6-4-3-5-7-8/h2-7H,1H3. The Bertz CT molecular complexity index is 313. The zero-order chi connectivity index (χ0) is 8.32. The van der Waals surface area contributed by atoms with Gasteiger partial charge in [0.25, 0.3) is 0 Å². The number of hydrogen-bond acceptors (Lipinski definition) is 2. The van der Waals surface area contributed by atoms with E-state index in [2.05, 4.69) is 0 Å². The summed E-state index contributed by atoms with van der Waals surface area (Å²) in [6, 6.07) is 8.35. The summed E-state index contributed by atoms with van der Waals surface area (Å²) < 4.78 is 22.3. The maximum absolute atomic E-state index is 11.1. The Hall–Kier alpha value is -0.830. The van der Waals surface area contributed by atoms with Gasteiger partial charge in [0.05, 0.1) is 10.6 Å². The molecular formula is C8H9O2S. The van der Waals surface area contributed by atoms with Gasteiger partial charge in [0.15, 0.2) is 9.84 Å². The number of sulfone groups is 1. The lowest BCUT2D eigenvalue weighted by molar-refractivity contribution is 0.601. The van der Waals surface area contributed by atoms with Crippen LogP contribution in [0.2, 0.25) is 0 Å². The second-order valence-electron chi connectivity index (χ2n) is 2.09. The Morgan fingerprint density at radius 3 is 2.18 bits per heavy atom. The van der Waals surface area contributed by atoms with Crippen molar-refractivity contribution in [3.8, 4) is 0 Å². The molecule has 0 fully saturated rings. The minimum Gasteiger partial charge on any atom is -0.223 e. The van der Waals surface area contributed by atoms with Crippen molar-refractivity contribution in [2.45, 2.75) is 11.8 Å². The van der Waals surface area contributed by atoms with Crippen LogP contribution < -0.4 is 0 Å². The molecular weight excluding hydrogens is 160 g/mol. The van der Waals surface area contributed by atoms with Gasteiger partial charge in [-0.3, -0.25) is 0 Å². The van der Waals surface area contributed by atoms with Crippen LogP contribution in [-0.4, -0.2) is 8.42 Å². The van der Waals surface area contributed by atoms with E-state index in [9.17, 15) is 8.42 Å². The van der Waals surface area contributed by atoms with Crippen LogP contribution in [0.25, 0.3) is 0 Å². The Labute approximate surface area is 66.8 Å². The smallest absolute Gasteiger partial charge is 0.182 e. The average Bonchev–Trinajstić information content (AvgIpc) is 2.06. The van der Waals surface area contributed by atoms with Gasteiger partial charge in [-0.2, -0.15) is 0 Å². The van der Waals surface area contributed by atoms with Crippen molar-refractivity contribution in [1.29, 1.82) is 0 Å². The van der Waals surface area contributed by atoms with Crippen molar-refractivity contribution in [3.05, 3.63) is 36.1 Å². The molecule has 0 aliphatic heterocycles. The van der Waals surface area contributed by atoms with E-state index in [0.717, 1.165) is 0 Å². The summed E-state index contributed by atoms with van der Waals surface area (Å²) >= 11 is 0. The Kier molecular flexibility index (Phi) is 2.29. The van der Waals surface area contributed by atoms with Crippen LogP contribution in [0.1, 0.15) is 6.92 Å². The second kappa shape index (κ2) is 3.05. The molecule has 0 unspecified atom stereocenters. The van der Waals surface area contributed by atoms with Gasteiger partial charge >= 0.3 is 0 Å². The van der Waals surface area contributed by atoms with Gasteiger partial charge in [0, 0.05) is 0 Å². The normalized spacial score (nSPS) is 11.4. The van der Waals surface area contributed by atoms with Crippen molar-refractivity contribution in [2.24, 2.45) is 0 Å². The van der Waals surface area contributed by atoms with Crippen LogP contribution in [-0.2, 0) is 9.84 Å². The van der Waals surface area contributed by atoms with Crippen molar-refractivity contribution >= 4 is 9.84 Å². The molecule has 0 amide bonds. The molecule has 1 radical (unpaired) electrons. The van der Waals surface area contributed by atoms with E-state index < -0.39 is 9.84 Å². The SMILES string of the molecule is C[CH]S(=O)(=O)c1ccccc1. The van der Waals surface area contributed by atoms with E-state index in [1.165, 1.54) is 12.7 Å². The van der Waals surface area contributed by atoms with E-state index in [-0.39, 0.29) is 0 Å². The molecule has 0 heterocycles. The lowest BCUT2D eigenvalue weighted by Crippen LogP contribution is -1.97. The van der Waals surface area contributed by atoms with Gasteiger partial charge in [0.1, 0.15) is 0 Å². The maximum atomic E-state index is 11.1. The average molecular weight is 169 g/mol. The topological polar surface area (TPSA) is 34.1 Å². The predicted molar refractivity (Wildman–Crippen MR) is 43.6 cm³/mol. The highest BCUT2D eigenvalue weighted by atomic mass is 32.2. The molecule has 1 aromatic rings. The van der Waals surface area contributed by atoms with Gasteiger partial charge < -0.3 is 0 Å². The molecule has 59 valence electrons. The van der Waals surface area contributed by atoms with E-state index >= 15 is 0 Å². The van der Waals surface area contributed by atoms with Crippen molar-refractivity contribution in [2.75, 3.05) is 0 Å². The fourth-order valence-electron chi connectivity index (χ4n) is 0.746. The molecule has 0 atom stereocenters. The monoisotopic (exact) mass is 169 g/mol. The molecule has 0 saturated carbocycles. The summed E-state index contributed by atoms with van der Waals surface area (Å²) in [5, 5.41) is 0. The molecule has 1 aromatic carbocycles. The third kappa shape index (κ3) is 1.80. The van der Waals surface area contributed by atoms with E-state index in [0.29, 0.717) is 4.90 Å². The summed E-state index contributed by atoms with van der Waals surface area (Å²) in [5.74, 6) is 1.20. The maximum Gasteiger partial charge on any atom is 0.182 e. The second-order valence-corrected chi connectivity index (χ2v) is 4.13. The highest BCUT2D eigenvalue weighted by molar-refractivity contribution is 7.93. The number of hydrogen-bond donors (Lipinski definition) is 0. The molecule has 0 N–H and O–H groups in total. The lowest BCUT2D eigenvalue weighted by atomic mass is 10.4. The van der Waals surface area contributed by atoms with Gasteiger partial charge in [-0.1, -0.05) is 18.2 Å². The van der Waals surface area contributed by atoms with Crippen LogP contribution >= 0.6 is 0 Å². The first kappa shape index (κ1) is 8.27. The first-order valence-corrected chi connectivity index (χ1v) is 4.81. The first-order chi connectivity index (χ1) is 5.17. The lowest BCUT2D eigenvalue weighted by Gasteiger charge is -1.97. The minimum absolute atomic E-state index is 0.350. The molecule has 3 heteroatoms. The molecule has 2 nitrogen and oxygen atoms in total. The Morgan fingerprint density at radius 1 is 1.18 bits per heavy atom. The summed E-state index contributed by atoms with van der Waals surface area (Å²) in [7, 11) is -3.12. The highest BCUT2D eigenvalue weighted by Crippen LogP contribution is 2.11. The molecule has 1 rings (SSSR count). The largest absolute Gasteiger partial charge is 0.223 e. The first-order valence-electron chi connectivity index (χ1n) is 3.26. The Balaban J connectivity index is 3.14. The zero-order valence-electron chi connectivity index (χ0n) is 6.19. The molecule has 11 heavy (non-hydrogen) atoms.